The Hall–Kier alpha value is -4.23. The Bertz CT molecular complexity index is 1650. The molecule has 0 saturated heterocycles. The predicted molar refractivity (Wildman–Crippen MR) is 134 cm³/mol. The van der Waals surface area contributed by atoms with E-state index in [0.29, 0.717) is 17.2 Å². The normalized spacial score (nSPS) is 11.4. The number of pyridine rings is 2. The summed E-state index contributed by atoms with van der Waals surface area (Å²) in [7, 11) is -3.84. The van der Waals surface area contributed by atoms with E-state index >= 15 is 0 Å². The SMILES string of the molecule is Cc1nc2c(cc1S(=O)(=O)c1ccccc1)c(=O)cc(Nc1ccccc1)n2-c1ccccc1. The number of hydrogen-bond acceptors (Lipinski definition) is 5. The van der Waals surface area contributed by atoms with E-state index in [1.807, 2.05) is 65.2 Å². The number of fused-ring (bicyclic) bond motifs is 1. The zero-order chi connectivity index (χ0) is 23.7. The Morgan fingerprint density at radius 1 is 0.794 bits per heavy atom. The second kappa shape index (κ2) is 8.61. The lowest BCUT2D eigenvalue weighted by Gasteiger charge is -2.19. The van der Waals surface area contributed by atoms with Crippen molar-refractivity contribution >= 4 is 32.4 Å². The van der Waals surface area contributed by atoms with Crippen LogP contribution in [0, 0.1) is 6.92 Å². The number of benzene rings is 3. The fourth-order valence-electron chi connectivity index (χ4n) is 3.91. The molecule has 5 rings (SSSR count). The van der Waals surface area contributed by atoms with E-state index in [2.05, 4.69) is 10.3 Å². The van der Waals surface area contributed by atoms with Crippen LogP contribution in [0.25, 0.3) is 16.7 Å². The van der Waals surface area contributed by atoms with Gasteiger partial charge in [-0.2, -0.15) is 0 Å². The maximum Gasteiger partial charge on any atom is 0.208 e. The van der Waals surface area contributed by atoms with Gasteiger partial charge in [-0.15, -0.1) is 0 Å². The molecule has 2 heterocycles. The summed E-state index contributed by atoms with van der Waals surface area (Å²) in [6.45, 7) is 1.65. The Kier molecular flexibility index (Phi) is 5.47. The first-order chi connectivity index (χ1) is 16.4. The molecule has 0 spiro atoms. The number of aromatic nitrogens is 2. The molecule has 34 heavy (non-hydrogen) atoms. The molecular formula is C27H21N3O3S. The third-order valence-electron chi connectivity index (χ3n) is 5.54. The van der Waals surface area contributed by atoms with Crippen molar-refractivity contribution in [1.29, 1.82) is 0 Å². The van der Waals surface area contributed by atoms with Crippen LogP contribution >= 0.6 is 0 Å². The number of sulfone groups is 1. The first kappa shape index (κ1) is 21.6. The molecule has 0 unspecified atom stereocenters. The van der Waals surface area contributed by atoms with E-state index in [0.717, 1.165) is 11.4 Å². The average molecular weight is 468 g/mol. The summed E-state index contributed by atoms with van der Waals surface area (Å²) in [5.41, 5.74) is 1.97. The highest BCUT2D eigenvalue weighted by atomic mass is 32.2. The van der Waals surface area contributed by atoms with Crippen LogP contribution in [0.5, 0.6) is 0 Å². The first-order valence-corrected chi connectivity index (χ1v) is 12.2. The molecule has 0 aliphatic rings. The molecule has 0 amide bonds. The van der Waals surface area contributed by atoms with Crippen molar-refractivity contribution in [3.05, 3.63) is 119 Å². The summed E-state index contributed by atoms with van der Waals surface area (Å²) in [5.74, 6) is 0.528. The molecule has 0 saturated carbocycles. The quantitative estimate of drug-likeness (QED) is 0.381. The van der Waals surface area contributed by atoms with Gasteiger partial charge in [-0.25, -0.2) is 13.4 Å². The highest BCUT2D eigenvalue weighted by Crippen LogP contribution is 2.29. The van der Waals surface area contributed by atoms with Gasteiger partial charge in [0.25, 0.3) is 0 Å². The first-order valence-electron chi connectivity index (χ1n) is 10.7. The van der Waals surface area contributed by atoms with Crippen LogP contribution in [0.15, 0.2) is 118 Å². The lowest BCUT2D eigenvalue weighted by atomic mass is 10.2. The third-order valence-corrected chi connectivity index (χ3v) is 7.42. The predicted octanol–water partition coefficient (Wildman–Crippen LogP) is 5.27. The molecule has 6 nitrogen and oxygen atoms in total. The molecule has 0 radical (unpaired) electrons. The van der Waals surface area contributed by atoms with Gasteiger partial charge >= 0.3 is 0 Å². The van der Waals surface area contributed by atoms with Gasteiger partial charge in [0.2, 0.25) is 9.84 Å². The minimum atomic E-state index is -3.84. The monoisotopic (exact) mass is 467 g/mol. The number of nitrogens with zero attached hydrogens (tertiary/aromatic N) is 2. The van der Waals surface area contributed by atoms with Crippen molar-refractivity contribution < 1.29 is 8.42 Å². The van der Waals surface area contributed by atoms with Crippen LogP contribution in [0.4, 0.5) is 11.5 Å². The number of para-hydroxylation sites is 2. The van der Waals surface area contributed by atoms with Crippen LogP contribution in [0.2, 0.25) is 0 Å². The number of anilines is 2. The Balaban J connectivity index is 1.79. The highest BCUT2D eigenvalue weighted by molar-refractivity contribution is 7.91. The second-order valence-corrected chi connectivity index (χ2v) is 9.73. The molecule has 0 bridgehead atoms. The average Bonchev–Trinajstić information content (AvgIpc) is 2.85. The molecule has 5 aromatic rings. The van der Waals surface area contributed by atoms with E-state index in [1.165, 1.54) is 24.3 Å². The summed E-state index contributed by atoms with van der Waals surface area (Å²) in [6, 6.07) is 30.1. The zero-order valence-electron chi connectivity index (χ0n) is 18.3. The maximum absolute atomic E-state index is 13.3. The molecule has 0 aliphatic carbocycles. The van der Waals surface area contributed by atoms with Crippen LogP contribution in [-0.2, 0) is 9.84 Å². The topological polar surface area (TPSA) is 81.1 Å². The molecule has 7 heteroatoms. The molecule has 168 valence electrons. The van der Waals surface area contributed by atoms with Gasteiger partial charge in [-0.3, -0.25) is 9.36 Å². The Morgan fingerprint density at radius 2 is 1.38 bits per heavy atom. The van der Waals surface area contributed by atoms with E-state index in [1.54, 1.807) is 25.1 Å². The number of rotatable bonds is 5. The lowest BCUT2D eigenvalue weighted by Crippen LogP contribution is -2.16. The fraction of sp³-hybridized carbons (Fsp3) is 0.0370. The number of hydrogen-bond donors (Lipinski definition) is 1. The van der Waals surface area contributed by atoms with Crippen molar-refractivity contribution in [2.45, 2.75) is 16.7 Å². The smallest absolute Gasteiger partial charge is 0.208 e. The van der Waals surface area contributed by atoms with Crippen LogP contribution < -0.4 is 10.7 Å². The van der Waals surface area contributed by atoms with Gasteiger partial charge in [0.05, 0.1) is 20.9 Å². The van der Waals surface area contributed by atoms with Gasteiger partial charge in [-0.05, 0) is 49.4 Å². The maximum atomic E-state index is 13.3. The second-order valence-electron chi connectivity index (χ2n) is 7.82. The minimum absolute atomic E-state index is 0.0201. The Morgan fingerprint density at radius 3 is 2.03 bits per heavy atom. The van der Waals surface area contributed by atoms with Crippen molar-refractivity contribution in [3.63, 3.8) is 0 Å². The molecule has 0 atom stereocenters. The number of nitrogens with one attached hydrogen (secondary N) is 1. The van der Waals surface area contributed by atoms with Crippen LogP contribution in [-0.4, -0.2) is 18.0 Å². The number of aryl methyl sites for hydroxylation is 1. The van der Waals surface area contributed by atoms with Gasteiger partial charge in [0.15, 0.2) is 5.43 Å². The molecule has 3 aromatic carbocycles. The summed E-state index contributed by atoms with van der Waals surface area (Å²) >= 11 is 0. The standard InChI is InChI=1S/C27H21N3O3S/c1-19-25(34(32,33)22-15-9-4-10-16-22)17-23-24(31)18-26(29-20-11-5-2-6-12-20)30(27(23)28-19)21-13-7-3-8-14-21/h2-18,29H,1H3. The van der Waals surface area contributed by atoms with E-state index < -0.39 is 9.84 Å². The lowest BCUT2D eigenvalue weighted by molar-refractivity contribution is 0.595. The van der Waals surface area contributed by atoms with Gasteiger partial charge in [-0.1, -0.05) is 54.6 Å². The highest BCUT2D eigenvalue weighted by Gasteiger charge is 2.23. The molecule has 0 aliphatic heterocycles. The van der Waals surface area contributed by atoms with Crippen molar-refractivity contribution in [2.24, 2.45) is 0 Å². The van der Waals surface area contributed by atoms with Crippen LogP contribution in [0.1, 0.15) is 5.69 Å². The van der Waals surface area contributed by atoms with E-state index in [-0.39, 0.29) is 20.6 Å². The minimum Gasteiger partial charge on any atom is -0.341 e. The van der Waals surface area contributed by atoms with Crippen molar-refractivity contribution in [3.8, 4) is 5.69 Å². The van der Waals surface area contributed by atoms with Crippen molar-refractivity contribution in [2.75, 3.05) is 5.32 Å². The van der Waals surface area contributed by atoms with E-state index in [4.69, 9.17) is 0 Å². The largest absolute Gasteiger partial charge is 0.341 e. The summed E-state index contributed by atoms with van der Waals surface area (Å²) in [4.78, 5) is 18.0. The van der Waals surface area contributed by atoms with E-state index in [9.17, 15) is 13.2 Å². The molecule has 2 aromatic heterocycles. The third kappa shape index (κ3) is 3.86. The van der Waals surface area contributed by atoms with Gasteiger partial charge in [0, 0.05) is 17.4 Å². The fourth-order valence-corrected chi connectivity index (χ4v) is 5.38. The van der Waals surface area contributed by atoms with Crippen molar-refractivity contribution in [1.82, 2.24) is 9.55 Å². The van der Waals surface area contributed by atoms with Gasteiger partial charge in [0.1, 0.15) is 11.5 Å². The summed E-state index contributed by atoms with van der Waals surface area (Å²) in [6.07, 6.45) is 0. The zero-order valence-corrected chi connectivity index (χ0v) is 19.2. The van der Waals surface area contributed by atoms with Gasteiger partial charge < -0.3 is 5.32 Å². The summed E-state index contributed by atoms with van der Waals surface area (Å²) < 4.78 is 28.5. The molecule has 1 N–H and O–H groups in total. The molecule has 0 fully saturated rings. The van der Waals surface area contributed by atoms with Crippen LogP contribution in [0.3, 0.4) is 0 Å². The summed E-state index contributed by atoms with van der Waals surface area (Å²) in [5, 5.41) is 3.52. The Labute approximate surface area is 197 Å². The molecular weight excluding hydrogens is 446 g/mol.